The molecule has 0 aliphatic rings. The van der Waals surface area contributed by atoms with E-state index in [-0.39, 0.29) is 17.3 Å². The Morgan fingerprint density at radius 1 is 1.16 bits per heavy atom. The molecule has 0 radical (unpaired) electrons. The second-order valence-electron chi connectivity index (χ2n) is 5.07. The lowest BCUT2D eigenvalue weighted by Gasteiger charge is -2.14. The zero-order valence-corrected chi connectivity index (χ0v) is 14.0. The molecule has 0 fully saturated rings. The van der Waals surface area contributed by atoms with Gasteiger partial charge in [-0.3, -0.25) is 0 Å². The Kier molecular flexibility index (Phi) is 6.14. The minimum atomic E-state index is -4.62. The summed E-state index contributed by atoms with van der Waals surface area (Å²) in [4.78, 5) is 11.9. The molecule has 0 bridgehead atoms. The summed E-state index contributed by atoms with van der Waals surface area (Å²) in [6.07, 6.45) is -4.62. The highest BCUT2D eigenvalue weighted by Crippen LogP contribution is 2.36. The van der Waals surface area contributed by atoms with Crippen LogP contribution in [-0.4, -0.2) is 12.6 Å². The summed E-state index contributed by atoms with van der Waals surface area (Å²) in [6.45, 7) is 2.57. The van der Waals surface area contributed by atoms with Gasteiger partial charge in [0.25, 0.3) is 0 Å². The molecule has 2 aromatic carbocycles. The average molecular weight is 373 g/mol. The predicted molar refractivity (Wildman–Crippen MR) is 89.9 cm³/mol. The topological polar surface area (TPSA) is 50.4 Å². The molecule has 2 rings (SSSR count). The summed E-state index contributed by atoms with van der Waals surface area (Å²) in [5.41, 5.74) is -0.580. The van der Waals surface area contributed by atoms with Crippen molar-refractivity contribution in [3.8, 4) is 5.75 Å². The van der Waals surface area contributed by atoms with Gasteiger partial charge in [0, 0.05) is 11.6 Å². The number of alkyl halides is 3. The minimum Gasteiger partial charge on any atom is -0.494 e. The van der Waals surface area contributed by atoms with Crippen molar-refractivity contribution in [2.45, 2.75) is 19.6 Å². The number of hydrogen-bond donors (Lipinski definition) is 2. The van der Waals surface area contributed by atoms with E-state index in [1.165, 1.54) is 6.07 Å². The van der Waals surface area contributed by atoms with Gasteiger partial charge in [0.05, 0.1) is 17.9 Å². The van der Waals surface area contributed by atoms with E-state index in [1.54, 1.807) is 24.3 Å². The normalized spacial score (nSPS) is 11.1. The molecule has 0 spiro atoms. The average Bonchev–Trinajstić information content (AvgIpc) is 2.55. The summed E-state index contributed by atoms with van der Waals surface area (Å²) in [7, 11) is 0. The number of amides is 2. The summed E-state index contributed by atoms with van der Waals surface area (Å²) >= 11 is 5.60. The maximum absolute atomic E-state index is 13.0. The Hall–Kier alpha value is -2.41. The van der Waals surface area contributed by atoms with E-state index < -0.39 is 17.8 Å². The third-order valence-electron chi connectivity index (χ3n) is 3.22. The third kappa shape index (κ3) is 5.56. The number of halogens is 4. The molecule has 2 N–H and O–H groups in total. The van der Waals surface area contributed by atoms with Crippen LogP contribution in [0.5, 0.6) is 5.75 Å². The van der Waals surface area contributed by atoms with Crippen molar-refractivity contribution >= 4 is 23.3 Å². The highest BCUT2D eigenvalue weighted by molar-refractivity contribution is 6.30. The fourth-order valence-corrected chi connectivity index (χ4v) is 2.25. The molecule has 134 valence electrons. The van der Waals surface area contributed by atoms with Crippen LogP contribution >= 0.6 is 11.6 Å². The van der Waals surface area contributed by atoms with E-state index in [4.69, 9.17) is 16.3 Å². The van der Waals surface area contributed by atoms with E-state index >= 15 is 0 Å². The SMILES string of the molecule is CCOc1ccc(CNC(=O)Nc2ccc(Cl)cc2C(F)(F)F)cc1. The lowest BCUT2D eigenvalue weighted by atomic mass is 10.1. The lowest BCUT2D eigenvalue weighted by Crippen LogP contribution is -2.29. The standard InChI is InChI=1S/C17H16ClF3N2O2/c1-2-25-13-6-3-11(4-7-13)10-22-16(24)23-15-8-5-12(18)9-14(15)17(19,20)21/h3-9H,2,10H2,1H3,(H2,22,23,24). The molecular formula is C17H16ClF3N2O2. The van der Waals surface area contributed by atoms with Crippen molar-refractivity contribution in [2.75, 3.05) is 11.9 Å². The largest absolute Gasteiger partial charge is 0.494 e. The molecule has 2 aromatic rings. The van der Waals surface area contributed by atoms with Crippen molar-refractivity contribution in [2.24, 2.45) is 0 Å². The van der Waals surface area contributed by atoms with E-state index in [0.29, 0.717) is 12.4 Å². The molecule has 0 aromatic heterocycles. The highest BCUT2D eigenvalue weighted by atomic mass is 35.5. The fraction of sp³-hybridized carbons (Fsp3) is 0.235. The van der Waals surface area contributed by atoms with Crippen molar-refractivity contribution in [1.29, 1.82) is 0 Å². The van der Waals surface area contributed by atoms with Crippen molar-refractivity contribution in [1.82, 2.24) is 5.32 Å². The number of urea groups is 1. The van der Waals surface area contributed by atoms with Crippen LogP contribution < -0.4 is 15.4 Å². The number of rotatable bonds is 5. The van der Waals surface area contributed by atoms with Gasteiger partial charge in [0.1, 0.15) is 5.75 Å². The fourth-order valence-electron chi connectivity index (χ4n) is 2.08. The van der Waals surface area contributed by atoms with E-state index in [1.807, 2.05) is 6.92 Å². The molecule has 0 heterocycles. The Balaban J connectivity index is 1.99. The first kappa shape index (κ1) is 18.9. The van der Waals surface area contributed by atoms with Crippen molar-refractivity contribution in [3.05, 3.63) is 58.6 Å². The number of ether oxygens (including phenoxy) is 1. The van der Waals surface area contributed by atoms with Crippen LogP contribution in [0.3, 0.4) is 0 Å². The lowest BCUT2D eigenvalue weighted by molar-refractivity contribution is -0.136. The van der Waals surface area contributed by atoms with Crippen molar-refractivity contribution in [3.63, 3.8) is 0 Å². The van der Waals surface area contributed by atoms with Crippen LogP contribution in [0.25, 0.3) is 0 Å². The van der Waals surface area contributed by atoms with E-state index in [9.17, 15) is 18.0 Å². The third-order valence-corrected chi connectivity index (χ3v) is 3.46. The predicted octanol–water partition coefficient (Wildman–Crippen LogP) is 5.08. The van der Waals surface area contributed by atoms with Gasteiger partial charge >= 0.3 is 12.2 Å². The van der Waals surface area contributed by atoms with Crippen LogP contribution in [0, 0.1) is 0 Å². The van der Waals surface area contributed by atoms with E-state index in [0.717, 1.165) is 17.7 Å². The maximum Gasteiger partial charge on any atom is 0.418 e. The first-order valence-electron chi connectivity index (χ1n) is 7.43. The molecule has 0 aliphatic carbocycles. The molecule has 25 heavy (non-hydrogen) atoms. The molecule has 0 unspecified atom stereocenters. The molecule has 0 saturated carbocycles. The van der Waals surface area contributed by atoms with Crippen LogP contribution in [0.15, 0.2) is 42.5 Å². The van der Waals surface area contributed by atoms with Gasteiger partial charge in [0.15, 0.2) is 0 Å². The molecule has 0 atom stereocenters. The molecule has 0 saturated heterocycles. The number of carbonyl (C=O) groups is 1. The Morgan fingerprint density at radius 3 is 2.44 bits per heavy atom. The second kappa shape index (κ2) is 8.11. The number of hydrogen-bond acceptors (Lipinski definition) is 2. The van der Waals surface area contributed by atoms with Gasteiger partial charge in [-0.05, 0) is 42.8 Å². The van der Waals surface area contributed by atoms with Gasteiger partial charge in [-0.15, -0.1) is 0 Å². The molecule has 4 nitrogen and oxygen atoms in total. The Labute approximate surface area is 147 Å². The highest BCUT2D eigenvalue weighted by Gasteiger charge is 2.34. The van der Waals surface area contributed by atoms with Crippen molar-refractivity contribution < 1.29 is 22.7 Å². The van der Waals surface area contributed by atoms with Gasteiger partial charge in [-0.1, -0.05) is 23.7 Å². The van der Waals surface area contributed by atoms with E-state index in [2.05, 4.69) is 10.6 Å². The second-order valence-corrected chi connectivity index (χ2v) is 5.51. The first-order valence-corrected chi connectivity index (χ1v) is 7.80. The number of benzene rings is 2. The summed E-state index contributed by atoms with van der Waals surface area (Å²) < 4.78 is 44.3. The molecule has 0 aliphatic heterocycles. The molecule has 8 heteroatoms. The zero-order valence-electron chi connectivity index (χ0n) is 13.3. The van der Waals surface area contributed by atoms with Gasteiger partial charge in [-0.2, -0.15) is 13.2 Å². The Bertz CT molecular complexity index is 734. The monoisotopic (exact) mass is 372 g/mol. The quantitative estimate of drug-likeness (QED) is 0.769. The summed E-state index contributed by atoms with van der Waals surface area (Å²) in [5, 5.41) is 4.63. The Morgan fingerprint density at radius 2 is 1.84 bits per heavy atom. The number of carbonyl (C=O) groups excluding carboxylic acids is 1. The summed E-state index contributed by atoms with van der Waals surface area (Å²) in [6, 6.07) is 9.42. The van der Waals surface area contributed by atoms with Crippen LogP contribution in [0.4, 0.5) is 23.7 Å². The van der Waals surface area contributed by atoms with Crippen LogP contribution in [-0.2, 0) is 12.7 Å². The maximum atomic E-state index is 13.0. The minimum absolute atomic E-state index is 0.0623. The number of nitrogens with one attached hydrogen (secondary N) is 2. The van der Waals surface area contributed by atoms with Gasteiger partial charge in [0.2, 0.25) is 0 Å². The van der Waals surface area contributed by atoms with Crippen LogP contribution in [0.1, 0.15) is 18.1 Å². The smallest absolute Gasteiger partial charge is 0.418 e. The zero-order chi connectivity index (χ0) is 18.4. The first-order chi connectivity index (χ1) is 11.8. The van der Waals surface area contributed by atoms with Gasteiger partial charge < -0.3 is 15.4 Å². The number of anilines is 1. The molecule has 2 amide bonds. The van der Waals surface area contributed by atoms with Gasteiger partial charge in [-0.25, -0.2) is 4.79 Å². The summed E-state index contributed by atoms with van der Waals surface area (Å²) in [5.74, 6) is 0.701. The molecular weight excluding hydrogens is 357 g/mol. The van der Waals surface area contributed by atoms with Crippen LogP contribution in [0.2, 0.25) is 5.02 Å².